The maximum Gasteiger partial charge on any atom is 0.227 e. The van der Waals surface area contributed by atoms with Crippen LogP contribution in [0.3, 0.4) is 0 Å². The van der Waals surface area contributed by atoms with E-state index in [4.69, 9.17) is 0 Å². The van der Waals surface area contributed by atoms with Gasteiger partial charge in [-0.05, 0) is 31.9 Å². The Kier molecular flexibility index (Phi) is 2.78. The molecular weight excluding hydrogens is 226 g/mol. The Morgan fingerprint density at radius 3 is 2.89 bits per heavy atom. The molecule has 0 saturated heterocycles. The Hall–Kier alpha value is -1.84. The van der Waals surface area contributed by atoms with Gasteiger partial charge in [-0.25, -0.2) is 4.98 Å². The number of aromatic nitrogens is 2. The maximum absolute atomic E-state index is 12.0. The summed E-state index contributed by atoms with van der Waals surface area (Å²) in [6.07, 6.45) is 8.29. The first-order chi connectivity index (χ1) is 8.72. The maximum atomic E-state index is 12.0. The van der Waals surface area contributed by atoms with Gasteiger partial charge in [0.1, 0.15) is 5.65 Å². The Labute approximate surface area is 106 Å². The summed E-state index contributed by atoms with van der Waals surface area (Å²) in [6, 6.07) is 3.84. The number of rotatable bonds is 2. The Morgan fingerprint density at radius 1 is 1.33 bits per heavy atom. The van der Waals surface area contributed by atoms with Crippen LogP contribution >= 0.6 is 0 Å². The standard InChI is InChI=1S/C14H17N3O/c1-10-8-17-9-12(6-7-13(17)15-10)16-14(18)11-4-2-3-5-11/h6-9,11H,2-5H2,1H3,(H,16,18). The largest absolute Gasteiger partial charge is 0.325 e. The predicted molar refractivity (Wildman–Crippen MR) is 70.5 cm³/mol. The third-order valence-electron chi connectivity index (χ3n) is 3.56. The Morgan fingerprint density at radius 2 is 2.11 bits per heavy atom. The predicted octanol–water partition coefficient (Wildman–Crippen LogP) is 2.77. The van der Waals surface area contributed by atoms with E-state index in [0.717, 1.165) is 29.9 Å². The number of carbonyl (C=O) groups excluding carboxylic acids is 1. The molecule has 1 saturated carbocycles. The lowest BCUT2D eigenvalue weighted by molar-refractivity contribution is -0.119. The fourth-order valence-electron chi connectivity index (χ4n) is 2.62. The van der Waals surface area contributed by atoms with Crippen molar-refractivity contribution in [3.63, 3.8) is 0 Å². The Balaban J connectivity index is 1.79. The number of fused-ring (bicyclic) bond motifs is 1. The number of hydrogen-bond donors (Lipinski definition) is 1. The number of pyridine rings is 1. The van der Waals surface area contributed by atoms with Gasteiger partial charge in [-0.2, -0.15) is 0 Å². The molecule has 1 fully saturated rings. The quantitative estimate of drug-likeness (QED) is 0.881. The van der Waals surface area contributed by atoms with Gasteiger partial charge in [0.25, 0.3) is 0 Å². The number of anilines is 1. The molecule has 0 aliphatic heterocycles. The van der Waals surface area contributed by atoms with Gasteiger partial charge in [0, 0.05) is 18.3 Å². The van der Waals surface area contributed by atoms with E-state index in [-0.39, 0.29) is 11.8 Å². The summed E-state index contributed by atoms with van der Waals surface area (Å²) in [5.74, 6) is 0.355. The van der Waals surface area contributed by atoms with Crippen molar-refractivity contribution in [3.8, 4) is 0 Å². The molecule has 0 atom stereocenters. The Bertz CT molecular complexity index is 582. The van der Waals surface area contributed by atoms with Crippen molar-refractivity contribution in [1.29, 1.82) is 0 Å². The fourth-order valence-corrected chi connectivity index (χ4v) is 2.62. The van der Waals surface area contributed by atoms with Crippen LogP contribution < -0.4 is 5.32 Å². The molecule has 3 rings (SSSR count). The third kappa shape index (κ3) is 2.10. The van der Waals surface area contributed by atoms with Gasteiger partial charge >= 0.3 is 0 Å². The van der Waals surface area contributed by atoms with Crippen LogP contribution in [0.2, 0.25) is 0 Å². The molecule has 94 valence electrons. The normalized spacial score (nSPS) is 16.3. The van der Waals surface area contributed by atoms with Crippen LogP contribution in [-0.2, 0) is 4.79 Å². The minimum absolute atomic E-state index is 0.156. The van der Waals surface area contributed by atoms with Crippen LogP contribution in [0.25, 0.3) is 5.65 Å². The van der Waals surface area contributed by atoms with Gasteiger partial charge in [0.2, 0.25) is 5.91 Å². The van der Waals surface area contributed by atoms with E-state index >= 15 is 0 Å². The van der Waals surface area contributed by atoms with Crippen LogP contribution in [0.1, 0.15) is 31.4 Å². The summed E-state index contributed by atoms with van der Waals surface area (Å²) in [5.41, 5.74) is 2.73. The van der Waals surface area contributed by atoms with Gasteiger partial charge in [0.05, 0.1) is 11.4 Å². The average Bonchev–Trinajstić information content (AvgIpc) is 2.95. The summed E-state index contributed by atoms with van der Waals surface area (Å²) in [4.78, 5) is 16.4. The SMILES string of the molecule is Cc1cn2cc(NC(=O)C3CCCC3)ccc2n1. The van der Waals surface area contributed by atoms with Crippen LogP contribution in [-0.4, -0.2) is 15.3 Å². The molecular formula is C14H17N3O. The van der Waals surface area contributed by atoms with Gasteiger partial charge < -0.3 is 9.72 Å². The molecule has 18 heavy (non-hydrogen) atoms. The van der Waals surface area contributed by atoms with Crippen molar-refractivity contribution in [3.05, 3.63) is 30.2 Å². The molecule has 0 spiro atoms. The van der Waals surface area contributed by atoms with E-state index in [0.29, 0.717) is 0 Å². The highest BCUT2D eigenvalue weighted by Gasteiger charge is 2.22. The number of imidazole rings is 1. The van der Waals surface area contributed by atoms with Crippen LogP contribution in [0, 0.1) is 12.8 Å². The van der Waals surface area contributed by atoms with Crippen molar-refractivity contribution in [1.82, 2.24) is 9.38 Å². The van der Waals surface area contributed by atoms with Crippen molar-refractivity contribution >= 4 is 17.2 Å². The number of hydrogen-bond acceptors (Lipinski definition) is 2. The van der Waals surface area contributed by atoms with Crippen molar-refractivity contribution in [2.45, 2.75) is 32.6 Å². The van der Waals surface area contributed by atoms with Gasteiger partial charge in [0.15, 0.2) is 0 Å². The molecule has 2 aromatic heterocycles. The smallest absolute Gasteiger partial charge is 0.227 e. The van der Waals surface area contributed by atoms with Crippen LogP contribution in [0.15, 0.2) is 24.5 Å². The first-order valence-corrected chi connectivity index (χ1v) is 6.48. The number of carbonyl (C=O) groups is 1. The van der Waals surface area contributed by atoms with E-state index in [9.17, 15) is 4.79 Å². The monoisotopic (exact) mass is 243 g/mol. The lowest BCUT2D eigenvalue weighted by Crippen LogP contribution is -2.20. The lowest BCUT2D eigenvalue weighted by atomic mass is 10.1. The zero-order valence-electron chi connectivity index (χ0n) is 10.5. The molecule has 2 heterocycles. The second-order valence-corrected chi connectivity index (χ2v) is 5.04. The van der Waals surface area contributed by atoms with Crippen molar-refractivity contribution in [2.24, 2.45) is 5.92 Å². The topological polar surface area (TPSA) is 46.4 Å². The minimum Gasteiger partial charge on any atom is -0.325 e. The number of aryl methyl sites for hydroxylation is 1. The number of nitrogens with one attached hydrogen (secondary N) is 1. The summed E-state index contributed by atoms with van der Waals surface area (Å²) >= 11 is 0. The molecule has 4 nitrogen and oxygen atoms in total. The highest BCUT2D eigenvalue weighted by molar-refractivity contribution is 5.92. The zero-order chi connectivity index (χ0) is 12.5. The summed E-state index contributed by atoms with van der Waals surface area (Å²) in [7, 11) is 0. The van der Waals surface area contributed by atoms with Gasteiger partial charge in [-0.3, -0.25) is 4.79 Å². The molecule has 1 amide bonds. The zero-order valence-corrected chi connectivity index (χ0v) is 10.5. The van der Waals surface area contributed by atoms with E-state index in [1.807, 2.05) is 35.9 Å². The molecule has 2 aromatic rings. The van der Waals surface area contributed by atoms with E-state index in [1.54, 1.807) is 0 Å². The molecule has 0 bridgehead atoms. The molecule has 1 aliphatic carbocycles. The molecule has 4 heteroatoms. The highest BCUT2D eigenvalue weighted by atomic mass is 16.1. The lowest BCUT2D eigenvalue weighted by Gasteiger charge is -2.10. The van der Waals surface area contributed by atoms with E-state index in [1.165, 1.54) is 12.8 Å². The second kappa shape index (κ2) is 4.44. The van der Waals surface area contributed by atoms with Crippen LogP contribution in [0.4, 0.5) is 5.69 Å². The first-order valence-electron chi connectivity index (χ1n) is 6.48. The fraction of sp³-hybridized carbons (Fsp3) is 0.429. The van der Waals surface area contributed by atoms with Crippen LogP contribution in [0.5, 0.6) is 0 Å². The average molecular weight is 243 g/mol. The molecule has 0 radical (unpaired) electrons. The highest BCUT2D eigenvalue weighted by Crippen LogP contribution is 2.26. The minimum atomic E-state index is 0.156. The van der Waals surface area contributed by atoms with Gasteiger partial charge in [-0.1, -0.05) is 12.8 Å². The molecule has 1 aliphatic rings. The summed E-state index contributed by atoms with van der Waals surface area (Å²) < 4.78 is 1.94. The molecule has 1 N–H and O–H groups in total. The van der Waals surface area contributed by atoms with Crippen molar-refractivity contribution < 1.29 is 4.79 Å². The number of nitrogens with zero attached hydrogens (tertiary/aromatic N) is 2. The van der Waals surface area contributed by atoms with E-state index < -0.39 is 0 Å². The second-order valence-electron chi connectivity index (χ2n) is 5.04. The molecule has 0 unspecified atom stereocenters. The summed E-state index contributed by atoms with van der Waals surface area (Å²) in [6.45, 7) is 1.96. The third-order valence-corrected chi connectivity index (χ3v) is 3.56. The first kappa shape index (κ1) is 11.3. The van der Waals surface area contributed by atoms with E-state index in [2.05, 4.69) is 10.3 Å². The van der Waals surface area contributed by atoms with Gasteiger partial charge in [-0.15, -0.1) is 0 Å². The number of amides is 1. The van der Waals surface area contributed by atoms with Crippen molar-refractivity contribution in [2.75, 3.05) is 5.32 Å². The molecule has 0 aromatic carbocycles. The summed E-state index contributed by atoms with van der Waals surface area (Å²) in [5, 5.41) is 3.00.